The van der Waals surface area contributed by atoms with E-state index in [2.05, 4.69) is 10.2 Å². The molecule has 0 amide bonds. The first-order chi connectivity index (χ1) is 8.75. The second-order valence-electron chi connectivity index (χ2n) is 4.38. The first-order valence-corrected chi connectivity index (χ1v) is 6.05. The molecule has 2 aliphatic rings. The molecule has 1 aromatic carbocycles. The Bertz CT molecular complexity index is 446. The molecule has 98 valence electrons. The van der Waals surface area contributed by atoms with Crippen LogP contribution in [0.3, 0.4) is 0 Å². The minimum Gasteiger partial charge on any atom is -0.504 e. The lowest BCUT2D eigenvalue weighted by Gasteiger charge is -2.33. The van der Waals surface area contributed by atoms with Crippen molar-refractivity contribution in [3.8, 4) is 17.2 Å². The first-order valence-electron chi connectivity index (χ1n) is 6.05. The maximum absolute atomic E-state index is 9.75. The lowest BCUT2D eigenvalue weighted by molar-refractivity contribution is -0.0682. The van der Waals surface area contributed by atoms with E-state index in [1.54, 1.807) is 6.07 Å². The van der Waals surface area contributed by atoms with E-state index in [0.717, 1.165) is 31.9 Å². The number of benzene rings is 1. The third-order valence-corrected chi connectivity index (χ3v) is 3.15. The molecule has 0 aromatic heterocycles. The number of piperazine rings is 1. The fraction of sp³-hybridized carbons (Fsp3) is 0.500. The van der Waals surface area contributed by atoms with E-state index in [-0.39, 0.29) is 18.1 Å². The molecule has 3 N–H and O–H groups in total. The van der Waals surface area contributed by atoms with Crippen molar-refractivity contribution < 1.29 is 19.7 Å². The average molecular weight is 252 g/mol. The molecule has 6 nitrogen and oxygen atoms in total. The molecular formula is C12H16N2O4. The Morgan fingerprint density at radius 1 is 1.22 bits per heavy atom. The Morgan fingerprint density at radius 2 is 2.00 bits per heavy atom. The molecule has 0 aliphatic carbocycles. The normalized spacial score (nSPS) is 22.9. The first kappa shape index (κ1) is 11.4. The third-order valence-electron chi connectivity index (χ3n) is 3.15. The molecule has 0 saturated carbocycles. The lowest BCUT2D eigenvalue weighted by Crippen LogP contribution is -2.44. The smallest absolute Gasteiger partial charge is 0.232 e. The number of fused-ring (bicyclic) bond motifs is 1. The van der Waals surface area contributed by atoms with Crippen LogP contribution in [-0.2, 0) is 0 Å². The summed E-state index contributed by atoms with van der Waals surface area (Å²) in [5.41, 5.74) is 0.899. The van der Waals surface area contributed by atoms with E-state index in [1.807, 2.05) is 6.07 Å². The number of anilines is 1. The summed E-state index contributed by atoms with van der Waals surface area (Å²) in [5, 5.41) is 22.4. The highest BCUT2D eigenvalue weighted by Crippen LogP contribution is 2.46. The number of hydrogen-bond donors (Lipinski definition) is 3. The van der Waals surface area contributed by atoms with Crippen molar-refractivity contribution in [1.82, 2.24) is 5.32 Å². The van der Waals surface area contributed by atoms with Crippen molar-refractivity contribution >= 4 is 5.69 Å². The molecule has 3 rings (SSSR count). The van der Waals surface area contributed by atoms with Crippen LogP contribution in [0.4, 0.5) is 5.69 Å². The second-order valence-corrected chi connectivity index (χ2v) is 4.38. The standard InChI is InChI=1S/C12H16N2O4/c15-9-2-1-8(14-5-3-13-4-6-14)11-12(9)18-10(16)7-17-11/h1-2,10,13,15-16H,3-7H2. The molecule has 1 unspecified atom stereocenters. The van der Waals surface area contributed by atoms with Gasteiger partial charge in [-0.1, -0.05) is 0 Å². The number of ether oxygens (including phenoxy) is 2. The zero-order valence-corrected chi connectivity index (χ0v) is 9.93. The minimum atomic E-state index is -1.03. The van der Waals surface area contributed by atoms with E-state index >= 15 is 0 Å². The Balaban J connectivity index is 1.97. The highest BCUT2D eigenvalue weighted by atomic mass is 16.7. The predicted octanol–water partition coefficient (Wildman–Crippen LogP) is -0.109. The molecule has 18 heavy (non-hydrogen) atoms. The SMILES string of the molecule is Oc1ccc(N2CCNCC2)c2c1OC(O)CO2. The molecule has 1 aromatic rings. The van der Waals surface area contributed by atoms with Crippen LogP contribution in [0.25, 0.3) is 0 Å². The predicted molar refractivity (Wildman–Crippen MR) is 65.3 cm³/mol. The van der Waals surface area contributed by atoms with Gasteiger partial charge in [-0.2, -0.15) is 0 Å². The number of rotatable bonds is 1. The minimum absolute atomic E-state index is 0.0114. The van der Waals surface area contributed by atoms with Gasteiger partial charge >= 0.3 is 0 Å². The van der Waals surface area contributed by atoms with Gasteiger partial charge in [0, 0.05) is 26.2 Å². The maximum atomic E-state index is 9.75. The van der Waals surface area contributed by atoms with Crippen molar-refractivity contribution in [3.63, 3.8) is 0 Å². The van der Waals surface area contributed by atoms with Gasteiger partial charge in [-0.15, -0.1) is 0 Å². The monoisotopic (exact) mass is 252 g/mol. The van der Waals surface area contributed by atoms with E-state index < -0.39 is 6.29 Å². The van der Waals surface area contributed by atoms with E-state index in [9.17, 15) is 10.2 Å². The average Bonchev–Trinajstić information content (AvgIpc) is 2.41. The fourth-order valence-electron chi connectivity index (χ4n) is 2.27. The van der Waals surface area contributed by atoms with Crippen LogP contribution in [-0.4, -0.2) is 49.3 Å². The van der Waals surface area contributed by atoms with Gasteiger partial charge < -0.3 is 29.9 Å². The number of phenolic OH excluding ortho intramolecular Hbond substituents is 1. The van der Waals surface area contributed by atoms with Crippen LogP contribution >= 0.6 is 0 Å². The molecule has 1 saturated heterocycles. The van der Waals surface area contributed by atoms with Crippen LogP contribution in [0.15, 0.2) is 12.1 Å². The van der Waals surface area contributed by atoms with Gasteiger partial charge in [0.25, 0.3) is 0 Å². The van der Waals surface area contributed by atoms with Gasteiger partial charge in [0.05, 0.1) is 5.69 Å². The van der Waals surface area contributed by atoms with E-state index in [1.165, 1.54) is 0 Å². The number of aliphatic hydroxyl groups is 1. The van der Waals surface area contributed by atoms with Crippen molar-refractivity contribution in [3.05, 3.63) is 12.1 Å². The molecule has 0 bridgehead atoms. The molecule has 6 heteroatoms. The summed E-state index contributed by atoms with van der Waals surface area (Å²) in [7, 11) is 0. The summed E-state index contributed by atoms with van der Waals surface area (Å²) in [6.45, 7) is 3.67. The Labute approximate surface area is 105 Å². The van der Waals surface area contributed by atoms with Crippen LogP contribution in [0.5, 0.6) is 17.2 Å². The third kappa shape index (κ3) is 1.93. The Kier molecular flexibility index (Phi) is 2.89. The Hall–Kier alpha value is -1.66. The number of aliphatic hydroxyl groups excluding tert-OH is 1. The van der Waals surface area contributed by atoms with Gasteiger partial charge in [0.15, 0.2) is 18.1 Å². The number of nitrogens with zero attached hydrogens (tertiary/aromatic N) is 1. The zero-order chi connectivity index (χ0) is 12.5. The summed E-state index contributed by atoms with van der Waals surface area (Å²) in [6, 6.07) is 3.39. The maximum Gasteiger partial charge on any atom is 0.232 e. The molecule has 0 radical (unpaired) electrons. The Morgan fingerprint density at radius 3 is 2.78 bits per heavy atom. The summed E-state index contributed by atoms with van der Waals surface area (Å²) in [4.78, 5) is 2.18. The summed E-state index contributed by atoms with van der Waals surface area (Å²) in [5.74, 6) is 0.731. The highest BCUT2D eigenvalue weighted by molar-refractivity contribution is 5.69. The van der Waals surface area contributed by atoms with Crippen LogP contribution in [0.1, 0.15) is 0 Å². The number of nitrogens with one attached hydrogen (secondary N) is 1. The highest BCUT2D eigenvalue weighted by Gasteiger charge is 2.27. The lowest BCUT2D eigenvalue weighted by atomic mass is 10.2. The van der Waals surface area contributed by atoms with Crippen molar-refractivity contribution in [1.29, 1.82) is 0 Å². The topological polar surface area (TPSA) is 74.2 Å². The fourth-order valence-corrected chi connectivity index (χ4v) is 2.27. The molecule has 2 heterocycles. The van der Waals surface area contributed by atoms with Crippen LogP contribution < -0.4 is 19.7 Å². The van der Waals surface area contributed by atoms with Crippen LogP contribution in [0, 0.1) is 0 Å². The molecule has 1 fully saturated rings. The summed E-state index contributed by atoms with van der Waals surface area (Å²) < 4.78 is 10.7. The number of aromatic hydroxyl groups is 1. The van der Waals surface area contributed by atoms with Gasteiger partial charge in [-0.3, -0.25) is 0 Å². The molecule has 2 aliphatic heterocycles. The largest absolute Gasteiger partial charge is 0.504 e. The van der Waals surface area contributed by atoms with Crippen LogP contribution in [0.2, 0.25) is 0 Å². The second kappa shape index (κ2) is 4.55. The quantitative estimate of drug-likeness (QED) is 0.647. The van der Waals surface area contributed by atoms with Gasteiger partial charge in [0.2, 0.25) is 12.0 Å². The summed E-state index contributed by atoms with van der Waals surface area (Å²) >= 11 is 0. The summed E-state index contributed by atoms with van der Waals surface area (Å²) in [6.07, 6.45) is -1.03. The van der Waals surface area contributed by atoms with Crippen molar-refractivity contribution in [2.24, 2.45) is 0 Å². The molecule has 0 spiro atoms. The number of phenols is 1. The molecular weight excluding hydrogens is 236 g/mol. The van der Waals surface area contributed by atoms with Crippen molar-refractivity contribution in [2.45, 2.75) is 6.29 Å². The van der Waals surface area contributed by atoms with E-state index in [0.29, 0.717) is 5.75 Å². The molecule has 1 atom stereocenters. The van der Waals surface area contributed by atoms with E-state index in [4.69, 9.17) is 9.47 Å². The number of hydrogen-bond acceptors (Lipinski definition) is 6. The van der Waals surface area contributed by atoms with Crippen molar-refractivity contribution in [2.75, 3.05) is 37.7 Å². The van der Waals surface area contributed by atoms with Gasteiger partial charge in [-0.05, 0) is 12.1 Å². The van der Waals surface area contributed by atoms with Gasteiger partial charge in [0.1, 0.15) is 0 Å². The zero-order valence-electron chi connectivity index (χ0n) is 9.93. The van der Waals surface area contributed by atoms with Gasteiger partial charge in [-0.25, -0.2) is 0 Å².